The number of amides is 3. The molecule has 1 aromatic heterocycles. The molecule has 24 heavy (non-hydrogen) atoms. The van der Waals surface area contributed by atoms with E-state index in [1.807, 2.05) is 0 Å². The minimum atomic E-state index is -0.763. The number of nitrogens with one attached hydrogen (secondary N) is 1. The molecule has 124 valence electrons. The van der Waals surface area contributed by atoms with Crippen molar-refractivity contribution >= 4 is 35.3 Å². The molecule has 9 heteroatoms. The summed E-state index contributed by atoms with van der Waals surface area (Å²) < 4.78 is 5.19. The number of rotatable bonds is 3. The third kappa shape index (κ3) is 2.55. The number of hydrogen-bond donors (Lipinski definition) is 1. The molecule has 2 aliphatic rings. The van der Waals surface area contributed by atoms with Crippen LogP contribution in [-0.4, -0.2) is 44.0 Å². The fourth-order valence-corrected chi connectivity index (χ4v) is 4.27. The van der Waals surface area contributed by atoms with Gasteiger partial charge in [0.1, 0.15) is 12.1 Å². The van der Waals surface area contributed by atoms with E-state index < -0.39 is 11.6 Å². The van der Waals surface area contributed by atoms with Gasteiger partial charge in [0.25, 0.3) is 5.91 Å². The van der Waals surface area contributed by atoms with Crippen LogP contribution in [0.5, 0.6) is 0 Å². The molecule has 1 atom stereocenters. The van der Waals surface area contributed by atoms with Crippen molar-refractivity contribution in [3.05, 3.63) is 35.2 Å². The van der Waals surface area contributed by atoms with E-state index in [1.165, 1.54) is 0 Å². The van der Waals surface area contributed by atoms with Gasteiger partial charge in [0.2, 0.25) is 11.7 Å². The van der Waals surface area contributed by atoms with Crippen molar-refractivity contribution in [2.45, 2.75) is 18.5 Å². The first-order chi connectivity index (χ1) is 11.6. The van der Waals surface area contributed by atoms with Crippen LogP contribution in [0.15, 0.2) is 28.8 Å². The van der Waals surface area contributed by atoms with E-state index in [4.69, 9.17) is 16.1 Å². The van der Waals surface area contributed by atoms with Gasteiger partial charge in [-0.1, -0.05) is 16.8 Å². The Bertz CT molecular complexity index is 801. The molecule has 2 aliphatic heterocycles. The maximum Gasteiger partial charge on any atom is 0.325 e. The Morgan fingerprint density at radius 3 is 2.83 bits per heavy atom. The van der Waals surface area contributed by atoms with Crippen LogP contribution in [0.1, 0.15) is 12.3 Å². The lowest BCUT2D eigenvalue weighted by Crippen LogP contribution is -2.46. The number of hydrogen-bond acceptors (Lipinski definition) is 6. The SMILES string of the molecule is O=C1NC2(CCSC2)C(=O)N1Cc1nc(-c2ccc(Cl)cc2)no1. The Morgan fingerprint density at radius 1 is 1.33 bits per heavy atom. The zero-order chi connectivity index (χ0) is 16.7. The van der Waals surface area contributed by atoms with Crippen molar-refractivity contribution in [1.82, 2.24) is 20.4 Å². The molecule has 1 spiro atoms. The second-order valence-corrected chi connectivity index (χ2v) is 7.27. The van der Waals surface area contributed by atoms with Gasteiger partial charge in [-0.2, -0.15) is 16.7 Å². The maximum atomic E-state index is 12.6. The van der Waals surface area contributed by atoms with Gasteiger partial charge in [0, 0.05) is 16.3 Å². The molecular weight excluding hydrogens is 352 g/mol. The van der Waals surface area contributed by atoms with Crippen molar-refractivity contribution < 1.29 is 14.1 Å². The number of benzene rings is 1. The van der Waals surface area contributed by atoms with E-state index >= 15 is 0 Å². The van der Waals surface area contributed by atoms with E-state index in [0.717, 1.165) is 16.2 Å². The van der Waals surface area contributed by atoms with Crippen LogP contribution in [0.4, 0.5) is 4.79 Å². The van der Waals surface area contributed by atoms with Crippen molar-refractivity contribution in [3.8, 4) is 11.4 Å². The van der Waals surface area contributed by atoms with E-state index in [1.54, 1.807) is 36.0 Å². The second kappa shape index (κ2) is 5.78. The maximum absolute atomic E-state index is 12.6. The minimum absolute atomic E-state index is 0.0301. The Labute approximate surface area is 146 Å². The summed E-state index contributed by atoms with van der Waals surface area (Å²) in [5, 5.41) is 7.31. The molecule has 7 nitrogen and oxygen atoms in total. The van der Waals surface area contributed by atoms with Gasteiger partial charge >= 0.3 is 6.03 Å². The van der Waals surface area contributed by atoms with Gasteiger partial charge in [0.05, 0.1) is 0 Å². The number of carbonyl (C=O) groups is 2. The first kappa shape index (κ1) is 15.5. The second-order valence-electron chi connectivity index (χ2n) is 5.72. The lowest BCUT2D eigenvalue weighted by Gasteiger charge is -2.18. The average Bonchev–Trinajstić information content (AvgIpc) is 3.27. The molecule has 0 radical (unpaired) electrons. The zero-order valence-electron chi connectivity index (χ0n) is 12.5. The van der Waals surface area contributed by atoms with Crippen molar-refractivity contribution in [1.29, 1.82) is 0 Å². The molecule has 1 aromatic carbocycles. The van der Waals surface area contributed by atoms with E-state index in [2.05, 4.69) is 15.5 Å². The summed E-state index contributed by atoms with van der Waals surface area (Å²) >= 11 is 7.52. The lowest BCUT2D eigenvalue weighted by atomic mass is 9.99. The topological polar surface area (TPSA) is 88.3 Å². The predicted molar refractivity (Wildman–Crippen MR) is 88.5 cm³/mol. The number of urea groups is 1. The van der Waals surface area contributed by atoms with Crippen LogP contribution < -0.4 is 5.32 Å². The molecule has 2 fully saturated rings. The molecule has 1 unspecified atom stereocenters. The Hall–Kier alpha value is -2.06. The van der Waals surface area contributed by atoms with Crippen molar-refractivity contribution in [2.75, 3.05) is 11.5 Å². The highest BCUT2D eigenvalue weighted by Crippen LogP contribution is 2.34. The highest BCUT2D eigenvalue weighted by atomic mass is 35.5. The van der Waals surface area contributed by atoms with E-state index in [9.17, 15) is 9.59 Å². The van der Waals surface area contributed by atoms with E-state index in [0.29, 0.717) is 23.0 Å². The Morgan fingerprint density at radius 2 is 2.12 bits per heavy atom. The van der Waals surface area contributed by atoms with Crippen LogP contribution in [0.25, 0.3) is 11.4 Å². The highest BCUT2D eigenvalue weighted by molar-refractivity contribution is 7.99. The molecule has 1 N–H and O–H groups in total. The largest absolute Gasteiger partial charge is 0.337 e. The smallest absolute Gasteiger partial charge is 0.325 e. The summed E-state index contributed by atoms with van der Waals surface area (Å²) in [7, 11) is 0. The number of halogens is 1. The molecule has 0 aliphatic carbocycles. The third-order valence-electron chi connectivity index (χ3n) is 4.13. The van der Waals surface area contributed by atoms with Gasteiger partial charge in [0.15, 0.2) is 0 Å². The Kier molecular flexibility index (Phi) is 3.73. The number of nitrogens with zero attached hydrogens (tertiary/aromatic N) is 3. The minimum Gasteiger partial charge on any atom is -0.337 e. The van der Waals surface area contributed by atoms with Crippen LogP contribution in [0, 0.1) is 0 Å². The Balaban J connectivity index is 1.53. The van der Waals surface area contributed by atoms with Crippen molar-refractivity contribution in [2.24, 2.45) is 0 Å². The molecule has 0 saturated carbocycles. The number of carbonyl (C=O) groups excluding carboxylic acids is 2. The van der Waals surface area contributed by atoms with Crippen LogP contribution in [0.3, 0.4) is 0 Å². The molecule has 2 aromatic rings. The van der Waals surface area contributed by atoms with Crippen LogP contribution >= 0.6 is 23.4 Å². The van der Waals surface area contributed by atoms with Crippen LogP contribution in [-0.2, 0) is 11.3 Å². The summed E-state index contributed by atoms with van der Waals surface area (Å²) in [6.07, 6.45) is 0.651. The molecule has 3 amide bonds. The van der Waals surface area contributed by atoms with Gasteiger partial charge < -0.3 is 9.84 Å². The summed E-state index contributed by atoms with van der Waals surface area (Å²) in [4.78, 5) is 30.1. The molecular formula is C15H13ClN4O3S. The van der Waals surface area contributed by atoms with Crippen molar-refractivity contribution in [3.63, 3.8) is 0 Å². The number of thioether (sulfide) groups is 1. The fourth-order valence-electron chi connectivity index (χ4n) is 2.82. The first-order valence-corrected chi connectivity index (χ1v) is 8.91. The number of aromatic nitrogens is 2. The highest BCUT2D eigenvalue weighted by Gasteiger charge is 2.53. The molecule has 3 heterocycles. The van der Waals surface area contributed by atoms with Gasteiger partial charge in [-0.3, -0.25) is 9.69 Å². The van der Waals surface area contributed by atoms with Crippen LogP contribution in [0.2, 0.25) is 5.02 Å². The normalized spacial score (nSPS) is 23.3. The lowest BCUT2D eigenvalue weighted by molar-refractivity contribution is -0.131. The molecule has 4 rings (SSSR count). The summed E-state index contributed by atoms with van der Waals surface area (Å²) in [5.41, 5.74) is -0.0175. The summed E-state index contributed by atoms with van der Waals surface area (Å²) in [6.45, 7) is -0.0301. The summed E-state index contributed by atoms with van der Waals surface area (Å²) in [5.74, 6) is 1.85. The van der Waals surface area contributed by atoms with Gasteiger partial charge in [-0.05, 0) is 36.4 Å². The standard InChI is InChI=1S/C15H13ClN4O3S/c16-10-3-1-9(2-4-10)12-17-11(23-19-12)7-20-13(21)15(18-14(20)22)5-6-24-8-15/h1-4H,5-8H2,(H,18,22). The summed E-state index contributed by atoms with van der Waals surface area (Å²) in [6, 6.07) is 6.59. The van der Waals surface area contributed by atoms with Gasteiger partial charge in [-0.25, -0.2) is 4.79 Å². The predicted octanol–water partition coefficient (Wildman–Crippen LogP) is 2.32. The third-order valence-corrected chi connectivity index (χ3v) is 5.57. The average molecular weight is 365 g/mol. The molecule has 2 saturated heterocycles. The first-order valence-electron chi connectivity index (χ1n) is 7.38. The fraction of sp³-hybridized carbons (Fsp3) is 0.333. The van der Waals surface area contributed by atoms with E-state index in [-0.39, 0.29) is 18.3 Å². The quantitative estimate of drug-likeness (QED) is 0.841. The zero-order valence-corrected chi connectivity index (χ0v) is 14.1. The van der Waals surface area contributed by atoms with Gasteiger partial charge in [-0.15, -0.1) is 0 Å². The number of imide groups is 1. The monoisotopic (exact) mass is 364 g/mol. The molecule has 0 bridgehead atoms.